The summed E-state index contributed by atoms with van der Waals surface area (Å²) >= 11 is 7.14. The molecule has 6 nitrogen and oxygen atoms in total. The van der Waals surface area contributed by atoms with Crippen molar-refractivity contribution in [1.82, 2.24) is 20.2 Å². The Hall–Kier alpha value is -2.38. The van der Waals surface area contributed by atoms with Crippen LogP contribution in [0, 0.1) is 0 Å². The van der Waals surface area contributed by atoms with Gasteiger partial charge in [0.2, 0.25) is 5.16 Å². The highest BCUT2D eigenvalue weighted by Gasteiger charge is 2.26. The molecule has 0 saturated carbocycles. The molecule has 1 unspecified atom stereocenters. The summed E-state index contributed by atoms with van der Waals surface area (Å²) in [6.45, 7) is 0. The molecule has 3 aromatic rings. The minimum Gasteiger partial charge on any atom is -0.468 e. The maximum Gasteiger partial charge on any atom is 0.323 e. The zero-order valence-electron chi connectivity index (χ0n) is 12.7. The number of methoxy groups -OCH3 is 1. The molecular weight excluding hydrogens is 348 g/mol. The molecule has 2 aromatic carbocycles. The summed E-state index contributed by atoms with van der Waals surface area (Å²) in [6, 6.07) is 16.5. The molecule has 1 aromatic heterocycles. The summed E-state index contributed by atoms with van der Waals surface area (Å²) in [5.41, 5.74) is 1.57. The van der Waals surface area contributed by atoms with E-state index < -0.39 is 5.25 Å². The highest BCUT2D eigenvalue weighted by molar-refractivity contribution is 8.00. The van der Waals surface area contributed by atoms with Crippen LogP contribution in [0.15, 0.2) is 59.8 Å². The van der Waals surface area contributed by atoms with Crippen molar-refractivity contribution in [3.05, 3.63) is 65.2 Å². The molecule has 0 aliphatic rings. The fourth-order valence-corrected chi connectivity index (χ4v) is 3.24. The fraction of sp³-hybridized carbons (Fsp3) is 0.125. The second kappa shape index (κ2) is 7.46. The number of esters is 1. The molecular formula is C16H13ClN4O2S. The lowest BCUT2D eigenvalue weighted by Gasteiger charge is -2.14. The van der Waals surface area contributed by atoms with Crippen LogP contribution < -0.4 is 0 Å². The largest absolute Gasteiger partial charge is 0.468 e. The van der Waals surface area contributed by atoms with Crippen LogP contribution >= 0.6 is 23.4 Å². The quantitative estimate of drug-likeness (QED) is 0.513. The molecule has 0 N–H and O–H groups in total. The molecule has 0 amide bonds. The number of halogens is 1. The van der Waals surface area contributed by atoms with Gasteiger partial charge in [-0.3, -0.25) is 4.79 Å². The number of carbonyl (C=O) groups is 1. The normalized spacial score (nSPS) is 11.9. The van der Waals surface area contributed by atoms with Crippen molar-refractivity contribution in [3.8, 4) is 5.69 Å². The summed E-state index contributed by atoms with van der Waals surface area (Å²) in [5, 5.41) is 12.3. The van der Waals surface area contributed by atoms with Gasteiger partial charge < -0.3 is 4.74 Å². The van der Waals surface area contributed by atoms with E-state index in [1.807, 2.05) is 30.3 Å². The number of nitrogens with zero attached hydrogens (tertiary/aromatic N) is 4. The lowest BCUT2D eigenvalue weighted by Crippen LogP contribution is -2.12. The summed E-state index contributed by atoms with van der Waals surface area (Å²) in [4.78, 5) is 12.2. The van der Waals surface area contributed by atoms with Gasteiger partial charge >= 0.3 is 5.97 Å². The Morgan fingerprint density at radius 1 is 1.17 bits per heavy atom. The molecule has 24 heavy (non-hydrogen) atoms. The van der Waals surface area contributed by atoms with E-state index in [1.54, 1.807) is 28.9 Å². The van der Waals surface area contributed by atoms with Crippen molar-refractivity contribution in [2.24, 2.45) is 0 Å². The molecule has 122 valence electrons. The van der Waals surface area contributed by atoms with Gasteiger partial charge in [0.15, 0.2) is 0 Å². The van der Waals surface area contributed by atoms with E-state index in [1.165, 1.54) is 18.9 Å². The highest BCUT2D eigenvalue weighted by Crippen LogP contribution is 2.35. The molecule has 1 heterocycles. The van der Waals surface area contributed by atoms with Gasteiger partial charge in [0.25, 0.3) is 0 Å². The van der Waals surface area contributed by atoms with Gasteiger partial charge in [-0.05, 0) is 40.3 Å². The summed E-state index contributed by atoms with van der Waals surface area (Å²) in [7, 11) is 1.36. The molecule has 0 bridgehead atoms. The number of tetrazole rings is 1. The van der Waals surface area contributed by atoms with Gasteiger partial charge in [-0.2, -0.15) is 4.68 Å². The van der Waals surface area contributed by atoms with Gasteiger partial charge in [0.1, 0.15) is 5.25 Å². The van der Waals surface area contributed by atoms with Crippen LogP contribution in [0.3, 0.4) is 0 Å². The number of hydrogen-bond donors (Lipinski definition) is 0. The number of ether oxygens (including phenoxy) is 1. The SMILES string of the molecule is COC(=O)C(Sc1nnnn1-c1ccc(Cl)cc1)c1ccccc1. The Morgan fingerprint density at radius 2 is 1.88 bits per heavy atom. The molecule has 0 radical (unpaired) electrons. The maximum atomic E-state index is 12.2. The van der Waals surface area contributed by atoms with E-state index in [0.717, 1.165) is 11.3 Å². The van der Waals surface area contributed by atoms with Crippen molar-refractivity contribution in [2.75, 3.05) is 7.11 Å². The van der Waals surface area contributed by atoms with E-state index in [4.69, 9.17) is 16.3 Å². The first-order chi connectivity index (χ1) is 11.7. The molecule has 0 saturated heterocycles. The van der Waals surface area contributed by atoms with Crippen LogP contribution in [0.2, 0.25) is 5.02 Å². The molecule has 0 aliphatic heterocycles. The van der Waals surface area contributed by atoms with Crippen molar-refractivity contribution in [1.29, 1.82) is 0 Å². The third-order valence-electron chi connectivity index (χ3n) is 3.25. The predicted molar refractivity (Wildman–Crippen MR) is 91.2 cm³/mol. The van der Waals surface area contributed by atoms with Crippen molar-refractivity contribution in [3.63, 3.8) is 0 Å². The maximum absolute atomic E-state index is 12.2. The van der Waals surface area contributed by atoms with Crippen molar-refractivity contribution >= 4 is 29.3 Å². The van der Waals surface area contributed by atoms with E-state index >= 15 is 0 Å². The Labute approximate surface area is 147 Å². The Kier molecular flexibility index (Phi) is 5.12. The number of carbonyl (C=O) groups excluding carboxylic acids is 1. The molecule has 0 fully saturated rings. The minimum absolute atomic E-state index is 0.364. The van der Waals surface area contributed by atoms with E-state index in [9.17, 15) is 4.79 Å². The van der Waals surface area contributed by atoms with Crippen molar-refractivity contribution < 1.29 is 9.53 Å². The van der Waals surface area contributed by atoms with Gasteiger partial charge in [-0.15, -0.1) is 5.10 Å². The number of rotatable bonds is 5. The highest BCUT2D eigenvalue weighted by atomic mass is 35.5. The first-order valence-electron chi connectivity index (χ1n) is 7.03. The third-order valence-corrected chi connectivity index (χ3v) is 4.67. The number of aromatic nitrogens is 4. The zero-order valence-corrected chi connectivity index (χ0v) is 14.2. The zero-order chi connectivity index (χ0) is 16.9. The number of hydrogen-bond acceptors (Lipinski definition) is 6. The van der Waals surface area contributed by atoms with Crippen LogP contribution in [0.4, 0.5) is 0 Å². The molecule has 8 heteroatoms. The van der Waals surface area contributed by atoms with Crippen LogP contribution in [0.25, 0.3) is 5.69 Å². The van der Waals surface area contributed by atoms with Crippen LogP contribution in [0.1, 0.15) is 10.8 Å². The van der Waals surface area contributed by atoms with Crippen LogP contribution in [-0.4, -0.2) is 33.3 Å². The third kappa shape index (κ3) is 3.58. The average Bonchev–Trinajstić information content (AvgIpc) is 3.08. The average molecular weight is 361 g/mol. The Bertz CT molecular complexity index is 824. The van der Waals surface area contributed by atoms with Gasteiger partial charge in [-0.1, -0.05) is 53.7 Å². The van der Waals surface area contributed by atoms with E-state index in [0.29, 0.717) is 10.2 Å². The molecule has 1 atom stereocenters. The van der Waals surface area contributed by atoms with E-state index in [2.05, 4.69) is 15.5 Å². The lowest BCUT2D eigenvalue weighted by molar-refractivity contribution is -0.140. The molecule has 0 aliphatic carbocycles. The summed E-state index contributed by atoms with van der Waals surface area (Å²) in [5.74, 6) is -0.364. The minimum atomic E-state index is -0.562. The Balaban J connectivity index is 1.93. The van der Waals surface area contributed by atoms with Crippen LogP contribution in [-0.2, 0) is 9.53 Å². The number of thioether (sulfide) groups is 1. The first kappa shape index (κ1) is 16.5. The monoisotopic (exact) mass is 360 g/mol. The van der Waals surface area contributed by atoms with Gasteiger partial charge in [-0.25, -0.2) is 0 Å². The van der Waals surface area contributed by atoms with Gasteiger partial charge in [0, 0.05) is 5.02 Å². The summed E-state index contributed by atoms with van der Waals surface area (Å²) in [6.07, 6.45) is 0. The smallest absolute Gasteiger partial charge is 0.323 e. The first-order valence-corrected chi connectivity index (χ1v) is 8.28. The second-order valence-electron chi connectivity index (χ2n) is 4.78. The van der Waals surface area contributed by atoms with Gasteiger partial charge in [0.05, 0.1) is 12.8 Å². The van der Waals surface area contributed by atoms with Crippen LogP contribution in [0.5, 0.6) is 0 Å². The Morgan fingerprint density at radius 3 is 2.54 bits per heavy atom. The lowest BCUT2D eigenvalue weighted by atomic mass is 10.1. The molecule has 0 spiro atoms. The topological polar surface area (TPSA) is 69.9 Å². The second-order valence-corrected chi connectivity index (χ2v) is 6.29. The standard InChI is InChI=1S/C16H13ClN4O2S/c1-23-15(22)14(11-5-3-2-4-6-11)24-16-18-19-20-21(16)13-9-7-12(17)8-10-13/h2-10,14H,1H3. The van der Waals surface area contributed by atoms with E-state index in [-0.39, 0.29) is 5.97 Å². The molecule has 3 rings (SSSR count). The fourth-order valence-electron chi connectivity index (χ4n) is 2.09. The summed E-state index contributed by atoms with van der Waals surface area (Å²) < 4.78 is 6.48. The van der Waals surface area contributed by atoms with Crippen molar-refractivity contribution in [2.45, 2.75) is 10.4 Å². The predicted octanol–water partition coefficient (Wildman–Crippen LogP) is 3.32. The number of benzene rings is 2.